The number of anilines is 1. The summed E-state index contributed by atoms with van der Waals surface area (Å²) in [7, 11) is 0.742. The monoisotopic (exact) mass is 466 g/mol. The Balaban J connectivity index is 2.14. The number of nitrogens with zero attached hydrogens (tertiary/aromatic N) is 1. The molecule has 0 aliphatic heterocycles. The molecule has 0 aliphatic carbocycles. The van der Waals surface area contributed by atoms with Crippen LogP contribution < -0.4 is 28.6 Å². The van der Waals surface area contributed by atoms with Crippen LogP contribution in [0.2, 0.25) is 0 Å². The molecular formula is C22H30N2O7S. The minimum atomic E-state index is -3.73. The molecule has 1 amide bonds. The summed E-state index contributed by atoms with van der Waals surface area (Å²) in [5.74, 6) is 1.50. The highest BCUT2D eigenvalue weighted by atomic mass is 32.2. The number of carbonyl (C=O) groups is 1. The number of carbonyl (C=O) groups excluding carboxylic acids is 1. The van der Waals surface area contributed by atoms with Crippen molar-refractivity contribution in [2.45, 2.75) is 26.5 Å². The van der Waals surface area contributed by atoms with Gasteiger partial charge in [-0.25, -0.2) is 8.42 Å². The van der Waals surface area contributed by atoms with Gasteiger partial charge in [0.05, 0.1) is 39.4 Å². The molecule has 2 aromatic rings. The SMILES string of the molecule is COc1ccc(N(CC(=O)NCc2ccc(OC(C)C)c(OC)c2)S(C)(=O)=O)cc1OC. The number of ether oxygens (including phenoxy) is 4. The molecule has 176 valence electrons. The zero-order chi connectivity index (χ0) is 23.9. The largest absolute Gasteiger partial charge is 0.493 e. The summed E-state index contributed by atoms with van der Waals surface area (Å²) in [6, 6.07) is 9.98. The van der Waals surface area contributed by atoms with Crippen LogP contribution >= 0.6 is 0 Å². The van der Waals surface area contributed by atoms with Crippen LogP contribution in [-0.2, 0) is 21.4 Å². The van der Waals surface area contributed by atoms with E-state index >= 15 is 0 Å². The van der Waals surface area contributed by atoms with Gasteiger partial charge in [-0.15, -0.1) is 0 Å². The maximum absolute atomic E-state index is 12.6. The summed E-state index contributed by atoms with van der Waals surface area (Å²) in [4.78, 5) is 12.6. The van der Waals surface area contributed by atoms with Crippen LogP contribution in [0.3, 0.4) is 0 Å². The molecule has 0 unspecified atom stereocenters. The molecule has 0 saturated heterocycles. The smallest absolute Gasteiger partial charge is 0.241 e. The van der Waals surface area contributed by atoms with Gasteiger partial charge in [0.15, 0.2) is 23.0 Å². The van der Waals surface area contributed by atoms with Crippen LogP contribution in [0.4, 0.5) is 5.69 Å². The van der Waals surface area contributed by atoms with E-state index in [1.54, 1.807) is 24.3 Å². The fourth-order valence-electron chi connectivity index (χ4n) is 2.94. The van der Waals surface area contributed by atoms with Crippen molar-refractivity contribution in [2.75, 3.05) is 38.4 Å². The lowest BCUT2D eigenvalue weighted by Gasteiger charge is -2.23. The molecule has 0 aromatic heterocycles. The molecule has 0 bridgehead atoms. The van der Waals surface area contributed by atoms with Crippen LogP contribution in [0.1, 0.15) is 19.4 Å². The van der Waals surface area contributed by atoms with Crippen molar-refractivity contribution in [2.24, 2.45) is 0 Å². The lowest BCUT2D eigenvalue weighted by Crippen LogP contribution is -2.40. The quantitative estimate of drug-likeness (QED) is 0.543. The van der Waals surface area contributed by atoms with E-state index < -0.39 is 15.9 Å². The van der Waals surface area contributed by atoms with Gasteiger partial charge in [-0.1, -0.05) is 6.07 Å². The summed E-state index contributed by atoms with van der Waals surface area (Å²) in [5.41, 5.74) is 1.07. The van der Waals surface area contributed by atoms with Gasteiger partial charge in [0.25, 0.3) is 0 Å². The van der Waals surface area contributed by atoms with Crippen LogP contribution in [0.15, 0.2) is 36.4 Å². The average molecular weight is 467 g/mol. The number of hydrogen-bond donors (Lipinski definition) is 1. The maximum Gasteiger partial charge on any atom is 0.241 e. The number of methoxy groups -OCH3 is 3. The van der Waals surface area contributed by atoms with Gasteiger partial charge in [-0.2, -0.15) is 0 Å². The first-order chi connectivity index (χ1) is 15.1. The number of sulfonamides is 1. The second-order valence-electron chi connectivity index (χ2n) is 7.24. The number of benzene rings is 2. The third kappa shape index (κ3) is 6.68. The van der Waals surface area contributed by atoms with E-state index in [0.29, 0.717) is 23.0 Å². The first-order valence-electron chi connectivity index (χ1n) is 9.89. The Labute approximate surface area is 189 Å². The van der Waals surface area contributed by atoms with Crippen molar-refractivity contribution in [1.29, 1.82) is 0 Å². The normalized spacial score (nSPS) is 11.1. The Kier molecular flexibility index (Phi) is 8.59. The molecular weight excluding hydrogens is 436 g/mol. The molecule has 0 saturated carbocycles. The van der Waals surface area contributed by atoms with Crippen molar-refractivity contribution in [3.8, 4) is 23.0 Å². The Morgan fingerprint density at radius 3 is 2.09 bits per heavy atom. The van der Waals surface area contributed by atoms with Crippen molar-refractivity contribution >= 4 is 21.6 Å². The van der Waals surface area contributed by atoms with Gasteiger partial charge < -0.3 is 24.3 Å². The molecule has 0 atom stereocenters. The Morgan fingerprint density at radius 2 is 1.53 bits per heavy atom. The topological polar surface area (TPSA) is 103 Å². The predicted molar refractivity (Wildman–Crippen MR) is 122 cm³/mol. The van der Waals surface area contributed by atoms with E-state index in [1.807, 2.05) is 19.9 Å². The zero-order valence-electron chi connectivity index (χ0n) is 19.2. The first-order valence-corrected chi connectivity index (χ1v) is 11.7. The Bertz CT molecular complexity index is 1040. The van der Waals surface area contributed by atoms with E-state index in [9.17, 15) is 13.2 Å². The second kappa shape index (κ2) is 10.9. The highest BCUT2D eigenvalue weighted by Gasteiger charge is 2.22. The zero-order valence-corrected chi connectivity index (χ0v) is 20.0. The molecule has 0 aliphatic rings. The van der Waals surface area contributed by atoms with Crippen molar-refractivity contribution in [1.82, 2.24) is 5.32 Å². The van der Waals surface area contributed by atoms with Gasteiger partial charge in [0, 0.05) is 12.6 Å². The molecule has 0 fully saturated rings. The summed E-state index contributed by atoms with van der Waals surface area (Å²) in [6.07, 6.45) is 1.03. The standard InChI is InChI=1S/C22H30N2O7S/c1-15(2)31-19-9-7-16(11-20(19)29-4)13-23-22(25)14-24(32(6,26)27)17-8-10-18(28-3)21(12-17)30-5/h7-12,15H,13-14H2,1-6H3,(H,23,25). The number of nitrogens with one attached hydrogen (secondary N) is 1. The highest BCUT2D eigenvalue weighted by Crippen LogP contribution is 2.32. The van der Waals surface area contributed by atoms with Crippen LogP contribution in [-0.4, -0.2) is 54.6 Å². The Morgan fingerprint density at radius 1 is 0.938 bits per heavy atom. The lowest BCUT2D eigenvalue weighted by molar-refractivity contribution is -0.119. The molecule has 1 N–H and O–H groups in total. The van der Waals surface area contributed by atoms with Crippen molar-refractivity contribution < 1.29 is 32.2 Å². The minimum Gasteiger partial charge on any atom is -0.493 e. The predicted octanol–water partition coefficient (Wildman–Crippen LogP) is 2.58. The maximum atomic E-state index is 12.6. The number of amides is 1. The van der Waals surface area contributed by atoms with E-state index in [4.69, 9.17) is 18.9 Å². The van der Waals surface area contributed by atoms with Crippen LogP contribution in [0.25, 0.3) is 0 Å². The number of rotatable bonds is 11. The summed E-state index contributed by atoms with van der Waals surface area (Å²) in [5, 5.41) is 2.74. The molecule has 2 aromatic carbocycles. The summed E-state index contributed by atoms with van der Waals surface area (Å²) in [6.45, 7) is 3.64. The molecule has 9 nitrogen and oxygen atoms in total. The van der Waals surface area contributed by atoms with Crippen LogP contribution in [0, 0.1) is 0 Å². The van der Waals surface area contributed by atoms with Crippen molar-refractivity contribution in [3.63, 3.8) is 0 Å². The fourth-order valence-corrected chi connectivity index (χ4v) is 3.79. The first kappa shape index (κ1) is 25.1. The van der Waals surface area contributed by atoms with E-state index in [1.165, 1.54) is 27.4 Å². The molecule has 0 heterocycles. The molecule has 2 rings (SSSR count). The van der Waals surface area contributed by atoms with Gasteiger partial charge in [0.1, 0.15) is 6.54 Å². The van der Waals surface area contributed by atoms with Gasteiger partial charge in [0.2, 0.25) is 15.9 Å². The van der Waals surface area contributed by atoms with E-state index in [2.05, 4.69) is 5.32 Å². The molecule has 0 radical (unpaired) electrons. The summed E-state index contributed by atoms with van der Waals surface area (Å²) < 4.78 is 47.2. The average Bonchev–Trinajstić information content (AvgIpc) is 2.75. The second-order valence-corrected chi connectivity index (χ2v) is 9.14. The van der Waals surface area contributed by atoms with Crippen LogP contribution in [0.5, 0.6) is 23.0 Å². The fraction of sp³-hybridized carbons (Fsp3) is 0.409. The molecule has 32 heavy (non-hydrogen) atoms. The van der Waals surface area contributed by atoms with Gasteiger partial charge >= 0.3 is 0 Å². The van der Waals surface area contributed by atoms with Gasteiger partial charge in [-0.3, -0.25) is 9.10 Å². The minimum absolute atomic E-state index is 0.00647. The molecule has 10 heteroatoms. The number of hydrogen-bond acceptors (Lipinski definition) is 7. The van der Waals surface area contributed by atoms with E-state index in [-0.39, 0.29) is 24.9 Å². The Hall–Kier alpha value is -3.14. The van der Waals surface area contributed by atoms with Gasteiger partial charge in [-0.05, 0) is 43.7 Å². The summed E-state index contributed by atoms with van der Waals surface area (Å²) >= 11 is 0. The molecule has 0 spiro atoms. The third-order valence-electron chi connectivity index (χ3n) is 4.42. The van der Waals surface area contributed by atoms with E-state index in [0.717, 1.165) is 16.1 Å². The lowest BCUT2D eigenvalue weighted by atomic mass is 10.2. The van der Waals surface area contributed by atoms with Crippen molar-refractivity contribution in [3.05, 3.63) is 42.0 Å². The highest BCUT2D eigenvalue weighted by molar-refractivity contribution is 7.92. The third-order valence-corrected chi connectivity index (χ3v) is 5.56.